The molecule has 64 valence electrons. The van der Waals surface area contributed by atoms with E-state index in [4.69, 9.17) is 11.6 Å². The van der Waals surface area contributed by atoms with Crippen LogP contribution in [0.2, 0.25) is 0 Å². The second-order valence-electron chi connectivity index (χ2n) is 3.77. The zero-order valence-electron chi connectivity index (χ0n) is 6.76. The number of rotatable bonds is 3. The van der Waals surface area contributed by atoms with Gasteiger partial charge in [-0.1, -0.05) is 6.42 Å². The van der Waals surface area contributed by atoms with E-state index in [0.717, 1.165) is 28.7 Å². The monoisotopic (exact) mass is 190 g/mol. The quantitative estimate of drug-likeness (QED) is 0.617. The molecule has 3 atom stereocenters. The fourth-order valence-corrected chi connectivity index (χ4v) is 4.17. The van der Waals surface area contributed by atoms with E-state index in [1.807, 2.05) is 0 Å². The third-order valence-electron chi connectivity index (χ3n) is 3.08. The van der Waals surface area contributed by atoms with Crippen LogP contribution in [-0.2, 0) is 0 Å². The Labute approximate surface area is 78.1 Å². The van der Waals surface area contributed by atoms with Crippen molar-refractivity contribution in [2.75, 3.05) is 11.6 Å². The highest BCUT2D eigenvalue weighted by Crippen LogP contribution is 2.49. The van der Waals surface area contributed by atoms with Gasteiger partial charge < -0.3 is 0 Å². The second kappa shape index (κ2) is 3.57. The Morgan fingerprint density at radius 2 is 2.18 bits per heavy atom. The number of thioether (sulfide) groups is 1. The summed E-state index contributed by atoms with van der Waals surface area (Å²) in [5.41, 5.74) is 0. The summed E-state index contributed by atoms with van der Waals surface area (Å²) < 4.78 is 0. The van der Waals surface area contributed by atoms with Gasteiger partial charge in [0.25, 0.3) is 0 Å². The van der Waals surface area contributed by atoms with Crippen LogP contribution in [-0.4, -0.2) is 16.9 Å². The standard InChI is InChI=1S/C9H15ClS/c10-3-4-11-9-6-7-1-2-8(9)5-7/h7-9H,1-6H2. The van der Waals surface area contributed by atoms with Gasteiger partial charge >= 0.3 is 0 Å². The molecule has 2 fully saturated rings. The fraction of sp³-hybridized carbons (Fsp3) is 1.00. The molecule has 0 aromatic heterocycles. The van der Waals surface area contributed by atoms with Crippen LogP contribution in [0.4, 0.5) is 0 Å². The Kier molecular flexibility index (Phi) is 2.68. The molecule has 0 aromatic carbocycles. The van der Waals surface area contributed by atoms with Crippen LogP contribution in [0.15, 0.2) is 0 Å². The maximum Gasteiger partial charge on any atom is 0.0314 e. The lowest BCUT2D eigenvalue weighted by atomic mass is 10.0. The summed E-state index contributed by atoms with van der Waals surface area (Å²) in [5, 5.41) is 0.979. The number of hydrogen-bond donors (Lipinski definition) is 0. The summed E-state index contributed by atoms with van der Waals surface area (Å²) in [6, 6.07) is 0. The van der Waals surface area contributed by atoms with Crippen molar-refractivity contribution >= 4 is 23.4 Å². The molecule has 2 heteroatoms. The van der Waals surface area contributed by atoms with Gasteiger partial charge in [-0.05, 0) is 31.1 Å². The molecule has 2 aliphatic carbocycles. The fourth-order valence-electron chi connectivity index (χ4n) is 2.59. The van der Waals surface area contributed by atoms with Gasteiger partial charge in [-0.3, -0.25) is 0 Å². The minimum absolute atomic E-state index is 0.832. The maximum atomic E-state index is 5.66. The lowest BCUT2D eigenvalue weighted by Gasteiger charge is -2.20. The van der Waals surface area contributed by atoms with Crippen molar-refractivity contribution in [2.45, 2.75) is 30.9 Å². The topological polar surface area (TPSA) is 0 Å². The largest absolute Gasteiger partial charge is 0.157 e. The first-order chi connectivity index (χ1) is 5.40. The van der Waals surface area contributed by atoms with Crippen molar-refractivity contribution in [3.8, 4) is 0 Å². The molecule has 3 unspecified atom stereocenters. The Morgan fingerprint density at radius 3 is 2.73 bits per heavy atom. The van der Waals surface area contributed by atoms with Crippen LogP contribution in [0.1, 0.15) is 25.7 Å². The number of halogens is 1. The van der Waals surface area contributed by atoms with Crippen molar-refractivity contribution in [3.05, 3.63) is 0 Å². The molecule has 2 bridgehead atoms. The van der Waals surface area contributed by atoms with Crippen LogP contribution in [0, 0.1) is 11.8 Å². The molecule has 0 amide bonds. The predicted octanol–water partition coefficient (Wildman–Crippen LogP) is 3.15. The highest BCUT2D eigenvalue weighted by atomic mass is 35.5. The average Bonchev–Trinajstić information content (AvgIpc) is 2.60. The number of hydrogen-bond acceptors (Lipinski definition) is 1. The Bertz CT molecular complexity index is 138. The summed E-state index contributed by atoms with van der Waals surface area (Å²) in [6.07, 6.45) is 6.04. The third kappa shape index (κ3) is 1.70. The summed E-state index contributed by atoms with van der Waals surface area (Å²) >= 11 is 7.78. The van der Waals surface area contributed by atoms with E-state index in [1.54, 1.807) is 0 Å². The van der Waals surface area contributed by atoms with Gasteiger partial charge in [0.05, 0.1) is 0 Å². The predicted molar refractivity (Wildman–Crippen MR) is 52.4 cm³/mol. The lowest BCUT2D eigenvalue weighted by Crippen LogP contribution is -2.13. The van der Waals surface area contributed by atoms with Crippen LogP contribution < -0.4 is 0 Å². The molecule has 2 rings (SSSR count). The van der Waals surface area contributed by atoms with Crippen LogP contribution in [0.3, 0.4) is 0 Å². The second-order valence-corrected chi connectivity index (χ2v) is 5.50. The molecule has 0 nitrogen and oxygen atoms in total. The first-order valence-corrected chi connectivity index (χ1v) is 6.16. The van der Waals surface area contributed by atoms with Crippen molar-refractivity contribution in [3.63, 3.8) is 0 Å². The van der Waals surface area contributed by atoms with E-state index in [-0.39, 0.29) is 0 Å². The zero-order valence-corrected chi connectivity index (χ0v) is 8.33. The summed E-state index contributed by atoms with van der Waals surface area (Å²) in [6.45, 7) is 0. The summed E-state index contributed by atoms with van der Waals surface area (Å²) in [4.78, 5) is 0. The Balaban J connectivity index is 1.78. The van der Waals surface area contributed by atoms with Gasteiger partial charge in [-0.15, -0.1) is 11.6 Å². The van der Waals surface area contributed by atoms with Gasteiger partial charge in [-0.2, -0.15) is 11.8 Å². The maximum absolute atomic E-state index is 5.66. The van der Waals surface area contributed by atoms with E-state index in [1.165, 1.54) is 25.7 Å². The average molecular weight is 191 g/mol. The zero-order chi connectivity index (χ0) is 7.68. The molecule has 0 aromatic rings. The molecule has 0 N–H and O–H groups in total. The minimum Gasteiger partial charge on any atom is -0.157 e. The van der Waals surface area contributed by atoms with Gasteiger partial charge in [0.1, 0.15) is 0 Å². The summed E-state index contributed by atoms with van der Waals surface area (Å²) in [5.74, 6) is 4.15. The van der Waals surface area contributed by atoms with Crippen molar-refractivity contribution in [1.29, 1.82) is 0 Å². The molecule has 2 aliphatic rings. The van der Waals surface area contributed by atoms with Gasteiger partial charge in [0, 0.05) is 16.9 Å². The molecular weight excluding hydrogens is 176 g/mol. The first kappa shape index (κ1) is 8.25. The van der Waals surface area contributed by atoms with Crippen molar-refractivity contribution in [1.82, 2.24) is 0 Å². The molecule has 0 aliphatic heterocycles. The minimum atomic E-state index is 0.832. The van der Waals surface area contributed by atoms with Gasteiger partial charge in [0.2, 0.25) is 0 Å². The molecule has 0 saturated heterocycles. The Hall–Kier alpha value is 0.640. The van der Waals surface area contributed by atoms with Gasteiger partial charge in [-0.25, -0.2) is 0 Å². The number of fused-ring (bicyclic) bond motifs is 2. The van der Waals surface area contributed by atoms with Crippen molar-refractivity contribution < 1.29 is 0 Å². The van der Waals surface area contributed by atoms with E-state index >= 15 is 0 Å². The number of alkyl halides is 1. The third-order valence-corrected chi connectivity index (χ3v) is 4.94. The summed E-state index contributed by atoms with van der Waals surface area (Å²) in [7, 11) is 0. The van der Waals surface area contributed by atoms with Crippen LogP contribution >= 0.6 is 23.4 Å². The van der Waals surface area contributed by atoms with E-state index in [2.05, 4.69) is 11.8 Å². The van der Waals surface area contributed by atoms with Gasteiger partial charge in [0.15, 0.2) is 0 Å². The lowest BCUT2D eigenvalue weighted by molar-refractivity contribution is 0.492. The smallest absolute Gasteiger partial charge is 0.0314 e. The molecule has 11 heavy (non-hydrogen) atoms. The van der Waals surface area contributed by atoms with Crippen molar-refractivity contribution in [2.24, 2.45) is 11.8 Å². The van der Waals surface area contributed by atoms with Crippen LogP contribution in [0.25, 0.3) is 0 Å². The van der Waals surface area contributed by atoms with E-state index < -0.39 is 0 Å². The molecular formula is C9H15ClS. The highest BCUT2D eigenvalue weighted by molar-refractivity contribution is 8.00. The molecule has 0 heterocycles. The van der Waals surface area contributed by atoms with Crippen LogP contribution in [0.5, 0.6) is 0 Å². The van der Waals surface area contributed by atoms with E-state index in [9.17, 15) is 0 Å². The normalized spacial score (nSPS) is 41.7. The molecule has 0 radical (unpaired) electrons. The SMILES string of the molecule is ClCCSC1CC2CCC1C2. The molecule has 0 spiro atoms. The van der Waals surface area contributed by atoms with E-state index in [0.29, 0.717) is 0 Å². The highest BCUT2D eigenvalue weighted by Gasteiger charge is 2.39. The first-order valence-electron chi connectivity index (χ1n) is 4.57. The Morgan fingerprint density at radius 1 is 1.27 bits per heavy atom. The molecule has 2 saturated carbocycles.